The van der Waals surface area contributed by atoms with Gasteiger partial charge in [-0.05, 0) is 12.1 Å². The van der Waals surface area contributed by atoms with Gasteiger partial charge in [0.2, 0.25) is 0 Å². The molecule has 0 unspecified atom stereocenters. The molecule has 1 fully saturated rings. The van der Waals surface area contributed by atoms with Gasteiger partial charge >= 0.3 is 0 Å². The summed E-state index contributed by atoms with van der Waals surface area (Å²) in [6.07, 6.45) is -0.105. The summed E-state index contributed by atoms with van der Waals surface area (Å²) in [7, 11) is 0. The molecule has 3 N–H and O–H groups in total. The van der Waals surface area contributed by atoms with E-state index in [0.29, 0.717) is 13.2 Å². The fourth-order valence-corrected chi connectivity index (χ4v) is 1.36. The summed E-state index contributed by atoms with van der Waals surface area (Å²) >= 11 is 0. The van der Waals surface area contributed by atoms with Crippen molar-refractivity contribution in [3.05, 3.63) is 29.6 Å². The number of benzene rings is 1. The van der Waals surface area contributed by atoms with E-state index in [2.05, 4.69) is 5.16 Å². The zero-order valence-corrected chi connectivity index (χ0v) is 8.39. The van der Waals surface area contributed by atoms with E-state index in [1.54, 1.807) is 6.07 Å². The van der Waals surface area contributed by atoms with E-state index in [1.165, 1.54) is 12.1 Å². The quantitative estimate of drug-likeness (QED) is 0.344. The van der Waals surface area contributed by atoms with Crippen molar-refractivity contribution >= 4 is 5.84 Å². The van der Waals surface area contributed by atoms with Gasteiger partial charge in [0.1, 0.15) is 17.7 Å². The monoisotopic (exact) mass is 226 g/mol. The number of ether oxygens (including phenoxy) is 2. The van der Waals surface area contributed by atoms with Gasteiger partial charge in [-0.15, -0.1) is 0 Å². The Balaban J connectivity index is 2.31. The standard InChI is InChI=1S/C10H11FN2O3/c11-7-2-1-3-8(9(7)10(12)13-14)16-6-4-15-5-6/h1-3,6,14H,4-5H2,(H2,12,13). The molecule has 5 nitrogen and oxygen atoms in total. The van der Waals surface area contributed by atoms with Crippen molar-refractivity contribution in [2.45, 2.75) is 6.10 Å². The van der Waals surface area contributed by atoms with Gasteiger partial charge in [-0.1, -0.05) is 11.2 Å². The van der Waals surface area contributed by atoms with Crippen LogP contribution in [0.3, 0.4) is 0 Å². The third kappa shape index (κ3) is 1.92. The third-order valence-corrected chi connectivity index (χ3v) is 2.24. The lowest BCUT2D eigenvalue weighted by Gasteiger charge is -2.27. The molecule has 16 heavy (non-hydrogen) atoms. The van der Waals surface area contributed by atoms with Gasteiger partial charge in [-0.3, -0.25) is 0 Å². The molecular formula is C10H11FN2O3. The summed E-state index contributed by atoms with van der Waals surface area (Å²) in [4.78, 5) is 0. The average molecular weight is 226 g/mol. The molecule has 0 saturated carbocycles. The molecule has 0 radical (unpaired) electrons. The SMILES string of the molecule is N/C(=N/O)c1c(F)cccc1OC1COC1. The van der Waals surface area contributed by atoms with Crippen molar-refractivity contribution in [2.75, 3.05) is 13.2 Å². The second-order valence-corrected chi connectivity index (χ2v) is 3.38. The van der Waals surface area contributed by atoms with Crippen molar-refractivity contribution in [1.82, 2.24) is 0 Å². The molecule has 0 aromatic heterocycles. The van der Waals surface area contributed by atoms with E-state index in [0.717, 1.165) is 0 Å². The first-order chi connectivity index (χ1) is 7.72. The van der Waals surface area contributed by atoms with Crippen LogP contribution in [0.15, 0.2) is 23.4 Å². The van der Waals surface area contributed by atoms with Crippen LogP contribution >= 0.6 is 0 Å². The Kier molecular flexibility index (Phi) is 2.91. The van der Waals surface area contributed by atoms with Crippen LogP contribution in [0.25, 0.3) is 0 Å². The Labute approximate surface area is 91.3 Å². The molecule has 0 aliphatic carbocycles. The molecule has 1 aliphatic rings. The predicted octanol–water partition coefficient (Wildman–Crippen LogP) is 0.698. The minimum Gasteiger partial charge on any atom is -0.485 e. The first-order valence-electron chi connectivity index (χ1n) is 4.73. The highest BCUT2D eigenvalue weighted by Crippen LogP contribution is 2.23. The fraction of sp³-hybridized carbons (Fsp3) is 0.300. The Morgan fingerprint density at radius 2 is 2.31 bits per heavy atom. The topological polar surface area (TPSA) is 77.1 Å². The summed E-state index contributed by atoms with van der Waals surface area (Å²) in [5.41, 5.74) is 5.35. The molecule has 2 rings (SSSR count). The molecule has 1 heterocycles. The average Bonchev–Trinajstić information content (AvgIpc) is 2.22. The molecular weight excluding hydrogens is 215 g/mol. The van der Waals surface area contributed by atoms with Crippen LogP contribution in [0, 0.1) is 5.82 Å². The highest BCUT2D eigenvalue weighted by Gasteiger charge is 2.23. The van der Waals surface area contributed by atoms with E-state index >= 15 is 0 Å². The second-order valence-electron chi connectivity index (χ2n) is 3.38. The number of oxime groups is 1. The molecule has 0 amide bonds. The van der Waals surface area contributed by atoms with Crippen molar-refractivity contribution in [3.63, 3.8) is 0 Å². The number of nitrogens with two attached hydrogens (primary N) is 1. The van der Waals surface area contributed by atoms with E-state index in [-0.39, 0.29) is 23.3 Å². The first kappa shape index (κ1) is 10.7. The van der Waals surface area contributed by atoms with Crippen molar-refractivity contribution in [3.8, 4) is 5.75 Å². The molecule has 1 aromatic carbocycles. The maximum absolute atomic E-state index is 13.5. The smallest absolute Gasteiger partial charge is 0.176 e. The van der Waals surface area contributed by atoms with Crippen LogP contribution in [0.4, 0.5) is 4.39 Å². The Bertz CT molecular complexity index is 419. The van der Waals surface area contributed by atoms with E-state index in [4.69, 9.17) is 20.4 Å². The lowest BCUT2D eigenvalue weighted by molar-refractivity contribution is -0.0798. The largest absolute Gasteiger partial charge is 0.485 e. The molecule has 0 atom stereocenters. The Morgan fingerprint density at radius 3 is 2.88 bits per heavy atom. The van der Waals surface area contributed by atoms with Crippen LogP contribution < -0.4 is 10.5 Å². The van der Waals surface area contributed by atoms with E-state index < -0.39 is 5.82 Å². The summed E-state index contributed by atoms with van der Waals surface area (Å²) in [5, 5.41) is 11.3. The molecule has 1 saturated heterocycles. The van der Waals surface area contributed by atoms with Gasteiger partial charge in [-0.25, -0.2) is 4.39 Å². The van der Waals surface area contributed by atoms with Crippen LogP contribution in [0.2, 0.25) is 0 Å². The zero-order valence-electron chi connectivity index (χ0n) is 8.39. The second kappa shape index (κ2) is 4.36. The number of hydrogen-bond acceptors (Lipinski definition) is 4. The normalized spacial score (nSPS) is 16.9. The highest BCUT2D eigenvalue weighted by atomic mass is 19.1. The number of halogens is 1. The summed E-state index contributed by atoms with van der Waals surface area (Å²) in [6.45, 7) is 0.929. The van der Waals surface area contributed by atoms with Crippen molar-refractivity contribution in [2.24, 2.45) is 10.9 Å². The zero-order chi connectivity index (χ0) is 11.5. The summed E-state index contributed by atoms with van der Waals surface area (Å²) in [5.74, 6) is -0.648. The Hall–Kier alpha value is -1.82. The number of hydrogen-bond donors (Lipinski definition) is 2. The summed E-state index contributed by atoms with van der Waals surface area (Å²) < 4.78 is 23.9. The van der Waals surface area contributed by atoms with Gasteiger partial charge in [0.15, 0.2) is 5.84 Å². The molecule has 6 heteroatoms. The fourth-order valence-electron chi connectivity index (χ4n) is 1.36. The van der Waals surface area contributed by atoms with E-state index in [1.807, 2.05) is 0 Å². The molecule has 1 aromatic rings. The number of nitrogens with zero attached hydrogens (tertiary/aromatic N) is 1. The van der Waals surface area contributed by atoms with Gasteiger partial charge < -0.3 is 20.4 Å². The van der Waals surface area contributed by atoms with Crippen LogP contribution in [-0.2, 0) is 4.74 Å². The van der Waals surface area contributed by atoms with Crippen molar-refractivity contribution < 1.29 is 19.1 Å². The van der Waals surface area contributed by atoms with Crippen LogP contribution in [-0.4, -0.2) is 30.4 Å². The minimum atomic E-state index is -0.590. The minimum absolute atomic E-state index is 0.0306. The molecule has 0 spiro atoms. The van der Waals surface area contributed by atoms with Gasteiger partial charge in [0.25, 0.3) is 0 Å². The lowest BCUT2D eigenvalue weighted by Crippen LogP contribution is -2.39. The molecule has 1 aliphatic heterocycles. The molecule has 0 bridgehead atoms. The lowest BCUT2D eigenvalue weighted by atomic mass is 10.1. The van der Waals surface area contributed by atoms with Gasteiger partial charge in [0.05, 0.1) is 18.8 Å². The van der Waals surface area contributed by atoms with E-state index in [9.17, 15) is 4.39 Å². The first-order valence-corrected chi connectivity index (χ1v) is 4.73. The van der Waals surface area contributed by atoms with Crippen LogP contribution in [0.5, 0.6) is 5.75 Å². The molecule has 86 valence electrons. The highest BCUT2D eigenvalue weighted by molar-refractivity contribution is 5.99. The van der Waals surface area contributed by atoms with Crippen LogP contribution in [0.1, 0.15) is 5.56 Å². The third-order valence-electron chi connectivity index (χ3n) is 2.24. The number of rotatable bonds is 3. The summed E-state index contributed by atoms with van der Waals surface area (Å²) in [6, 6.07) is 4.28. The maximum atomic E-state index is 13.5. The van der Waals surface area contributed by atoms with Gasteiger partial charge in [-0.2, -0.15) is 0 Å². The predicted molar refractivity (Wildman–Crippen MR) is 54.1 cm³/mol. The van der Waals surface area contributed by atoms with Gasteiger partial charge in [0, 0.05) is 0 Å². The number of amidine groups is 1. The maximum Gasteiger partial charge on any atom is 0.176 e. The Morgan fingerprint density at radius 1 is 1.56 bits per heavy atom. The van der Waals surface area contributed by atoms with Crippen molar-refractivity contribution in [1.29, 1.82) is 0 Å².